The van der Waals surface area contributed by atoms with Crippen LogP contribution in [0.25, 0.3) is 0 Å². The van der Waals surface area contributed by atoms with Gasteiger partial charge >= 0.3 is 5.92 Å². The molecule has 0 fully saturated rings. The molecule has 0 spiro atoms. The normalized spacial score (nSPS) is 12.0. The molecule has 0 aliphatic heterocycles. The zero-order valence-corrected chi connectivity index (χ0v) is 6.80. The Labute approximate surface area is 69.2 Å². The van der Waals surface area contributed by atoms with Gasteiger partial charge in [-0.25, -0.2) is 4.98 Å². The molecule has 0 aromatic carbocycles. The summed E-state index contributed by atoms with van der Waals surface area (Å²) in [7, 11) is 1.53. The first-order chi connectivity index (χ1) is 5.58. The Morgan fingerprint density at radius 2 is 2.33 bits per heavy atom. The van der Waals surface area contributed by atoms with Crippen LogP contribution in [0.3, 0.4) is 0 Å². The minimum absolute atomic E-state index is 0.0418. The lowest BCUT2D eigenvalue weighted by Crippen LogP contribution is -2.22. The summed E-state index contributed by atoms with van der Waals surface area (Å²) in [5, 5.41) is 0. The Morgan fingerprint density at radius 3 is 2.75 bits per heavy atom. The summed E-state index contributed by atoms with van der Waals surface area (Å²) in [5.74, 6) is -3.14. The van der Waals surface area contributed by atoms with Crippen molar-refractivity contribution in [3.63, 3.8) is 0 Å². The van der Waals surface area contributed by atoms with Gasteiger partial charge in [0.25, 0.3) is 0 Å². The number of hydrogen-bond acceptors (Lipinski definition) is 2. The molecule has 68 valence electrons. The molecule has 12 heavy (non-hydrogen) atoms. The molecule has 3 nitrogen and oxygen atoms in total. The molecule has 2 N–H and O–H groups in total. The monoisotopic (exact) mass is 175 g/mol. The van der Waals surface area contributed by atoms with Gasteiger partial charge in [-0.1, -0.05) is 0 Å². The second-order valence-corrected chi connectivity index (χ2v) is 2.60. The molecular formula is C7H11F2N3. The van der Waals surface area contributed by atoms with E-state index in [1.165, 1.54) is 24.0 Å². The van der Waals surface area contributed by atoms with Gasteiger partial charge in [-0.3, -0.25) is 0 Å². The smallest absolute Gasteiger partial charge is 0.306 e. The molecule has 0 radical (unpaired) electrons. The number of aryl methyl sites for hydroxylation is 1. The van der Waals surface area contributed by atoms with E-state index >= 15 is 0 Å². The van der Waals surface area contributed by atoms with Crippen LogP contribution in [0.2, 0.25) is 0 Å². The average Bonchev–Trinajstić information content (AvgIpc) is 2.35. The number of hydrogen-bond donors (Lipinski definition) is 1. The highest BCUT2D eigenvalue weighted by Crippen LogP contribution is 2.28. The summed E-state index contributed by atoms with van der Waals surface area (Å²) < 4.78 is 27.5. The second-order valence-electron chi connectivity index (χ2n) is 2.60. The SMILES string of the molecule is Cn1ccnc1C(F)(F)CCN. The fraction of sp³-hybridized carbons (Fsp3) is 0.571. The highest BCUT2D eigenvalue weighted by molar-refractivity contribution is 4.99. The first-order valence-electron chi connectivity index (χ1n) is 3.63. The Bertz CT molecular complexity index is 257. The van der Waals surface area contributed by atoms with Crippen LogP contribution in [-0.2, 0) is 13.0 Å². The topological polar surface area (TPSA) is 43.8 Å². The highest BCUT2D eigenvalue weighted by atomic mass is 19.3. The molecule has 0 bridgehead atoms. The predicted octanol–water partition coefficient (Wildman–Crippen LogP) is 0.861. The Morgan fingerprint density at radius 1 is 1.67 bits per heavy atom. The molecule has 5 heteroatoms. The van der Waals surface area contributed by atoms with E-state index in [9.17, 15) is 8.78 Å². The molecule has 0 saturated heterocycles. The molecule has 0 atom stereocenters. The van der Waals surface area contributed by atoms with Crippen molar-refractivity contribution in [3.05, 3.63) is 18.2 Å². The first-order valence-corrected chi connectivity index (χ1v) is 3.63. The summed E-state index contributed by atoms with van der Waals surface area (Å²) >= 11 is 0. The average molecular weight is 175 g/mol. The quantitative estimate of drug-likeness (QED) is 0.740. The lowest BCUT2D eigenvalue weighted by Gasteiger charge is -2.14. The zero-order chi connectivity index (χ0) is 9.19. The minimum Gasteiger partial charge on any atom is -0.333 e. The largest absolute Gasteiger partial charge is 0.333 e. The van der Waals surface area contributed by atoms with Crippen LogP contribution in [0.5, 0.6) is 0 Å². The number of nitrogens with two attached hydrogens (primary N) is 1. The third-order valence-electron chi connectivity index (χ3n) is 1.61. The van der Waals surface area contributed by atoms with Crippen molar-refractivity contribution in [2.45, 2.75) is 12.3 Å². The van der Waals surface area contributed by atoms with E-state index < -0.39 is 5.92 Å². The van der Waals surface area contributed by atoms with Gasteiger partial charge in [0.05, 0.1) is 0 Å². The molecule has 0 aliphatic rings. The number of halogens is 2. The van der Waals surface area contributed by atoms with Crippen LogP contribution < -0.4 is 5.73 Å². The number of alkyl halides is 2. The van der Waals surface area contributed by atoms with Gasteiger partial charge in [0.15, 0.2) is 5.82 Å². The van der Waals surface area contributed by atoms with E-state index in [1.54, 1.807) is 0 Å². The summed E-state index contributed by atoms with van der Waals surface area (Å²) in [6.45, 7) is -0.0418. The maximum Gasteiger partial charge on any atom is 0.306 e. The van der Waals surface area contributed by atoms with E-state index in [2.05, 4.69) is 4.98 Å². The highest BCUT2D eigenvalue weighted by Gasteiger charge is 2.34. The van der Waals surface area contributed by atoms with Crippen molar-refractivity contribution in [2.75, 3.05) is 6.54 Å². The van der Waals surface area contributed by atoms with Crippen molar-refractivity contribution in [2.24, 2.45) is 12.8 Å². The molecule has 0 amide bonds. The third-order valence-corrected chi connectivity index (χ3v) is 1.61. The number of imidazole rings is 1. The Hall–Kier alpha value is -0.970. The van der Waals surface area contributed by atoms with Gasteiger partial charge < -0.3 is 10.3 Å². The van der Waals surface area contributed by atoms with Gasteiger partial charge in [0.2, 0.25) is 0 Å². The lowest BCUT2D eigenvalue weighted by molar-refractivity contribution is -0.0223. The van der Waals surface area contributed by atoms with Crippen LogP contribution in [0.15, 0.2) is 12.4 Å². The van der Waals surface area contributed by atoms with Gasteiger partial charge in [-0.05, 0) is 6.54 Å². The van der Waals surface area contributed by atoms with E-state index in [1.807, 2.05) is 0 Å². The second kappa shape index (κ2) is 3.18. The molecular weight excluding hydrogens is 164 g/mol. The number of nitrogens with zero attached hydrogens (tertiary/aromatic N) is 2. The molecule has 0 saturated carbocycles. The fourth-order valence-corrected chi connectivity index (χ4v) is 1.01. The molecule has 1 aromatic rings. The first kappa shape index (κ1) is 9.12. The van der Waals surface area contributed by atoms with E-state index in [0.29, 0.717) is 0 Å². The van der Waals surface area contributed by atoms with Crippen molar-refractivity contribution in [1.82, 2.24) is 9.55 Å². The van der Waals surface area contributed by atoms with Crippen LogP contribution >= 0.6 is 0 Å². The lowest BCUT2D eigenvalue weighted by atomic mass is 10.2. The summed E-state index contributed by atoms with van der Waals surface area (Å²) in [4.78, 5) is 3.56. The summed E-state index contributed by atoms with van der Waals surface area (Å²) in [6, 6.07) is 0. The Balaban J connectivity index is 2.88. The molecule has 1 aromatic heterocycles. The van der Waals surface area contributed by atoms with E-state index in [4.69, 9.17) is 5.73 Å². The molecule has 1 heterocycles. The van der Waals surface area contributed by atoms with Gasteiger partial charge in [-0.2, -0.15) is 8.78 Å². The minimum atomic E-state index is -2.91. The van der Waals surface area contributed by atoms with E-state index in [0.717, 1.165) is 0 Å². The zero-order valence-electron chi connectivity index (χ0n) is 6.80. The van der Waals surface area contributed by atoms with Crippen LogP contribution in [0.1, 0.15) is 12.2 Å². The third kappa shape index (κ3) is 1.61. The van der Waals surface area contributed by atoms with Gasteiger partial charge in [0.1, 0.15) is 0 Å². The summed E-state index contributed by atoms with van der Waals surface area (Å²) in [5.41, 5.74) is 5.05. The van der Waals surface area contributed by atoms with Crippen molar-refractivity contribution in [1.29, 1.82) is 0 Å². The predicted molar refractivity (Wildman–Crippen MR) is 40.8 cm³/mol. The van der Waals surface area contributed by atoms with Crippen LogP contribution in [0, 0.1) is 0 Å². The van der Waals surface area contributed by atoms with Crippen LogP contribution in [-0.4, -0.2) is 16.1 Å². The summed E-state index contributed by atoms with van der Waals surface area (Å²) in [6.07, 6.45) is 2.47. The molecule has 0 aliphatic carbocycles. The van der Waals surface area contributed by atoms with Gasteiger partial charge in [0, 0.05) is 25.9 Å². The maximum absolute atomic E-state index is 13.1. The number of rotatable bonds is 3. The molecule has 1 rings (SSSR count). The maximum atomic E-state index is 13.1. The number of aromatic nitrogens is 2. The molecule has 0 unspecified atom stereocenters. The fourth-order valence-electron chi connectivity index (χ4n) is 1.01. The van der Waals surface area contributed by atoms with Crippen molar-refractivity contribution in [3.8, 4) is 0 Å². The van der Waals surface area contributed by atoms with E-state index in [-0.39, 0.29) is 18.8 Å². The van der Waals surface area contributed by atoms with Crippen molar-refractivity contribution < 1.29 is 8.78 Å². The van der Waals surface area contributed by atoms with Gasteiger partial charge in [-0.15, -0.1) is 0 Å². The Kier molecular flexibility index (Phi) is 2.42. The van der Waals surface area contributed by atoms with Crippen LogP contribution in [0.4, 0.5) is 8.78 Å². The standard InChI is InChI=1S/C7H11F2N3/c1-12-5-4-11-6(12)7(8,9)2-3-10/h4-5H,2-3,10H2,1H3. The van der Waals surface area contributed by atoms with Crippen molar-refractivity contribution >= 4 is 0 Å².